The molecular formula is C15H13F9O2. The number of benzene rings is 1. The molecule has 0 bridgehead atoms. The van der Waals surface area contributed by atoms with Crippen LogP contribution in [-0.2, 0) is 5.60 Å². The van der Waals surface area contributed by atoms with E-state index in [1.54, 1.807) is 0 Å². The smallest absolute Gasteiger partial charge is 0.381 e. The minimum atomic E-state index is -6.67. The van der Waals surface area contributed by atoms with Gasteiger partial charge in [0.25, 0.3) is 5.67 Å². The van der Waals surface area contributed by atoms with Gasteiger partial charge in [-0.1, -0.05) is 18.2 Å². The molecule has 1 saturated carbocycles. The number of aliphatic hydroxyl groups is 1. The molecule has 2 rings (SSSR count). The molecule has 0 amide bonds. The van der Waals surface area contributed by atoms with Crippen molar-refractivity contribution in [3.8, 4) is 5.75 Å². The fourth-order valence-electron chi connectivity index (χ4n) is 2.97. The van der Waals surface area contributed by atoms with E-state index in [0.717, 1.165) is 19.2 Å². The van der Waals surface area contributed by atoms with E-state index in [1.807, 2.05) is 0 Å². The second-order valence-electron chi connectivity index (χ2n) is 6.25. The maximum absolute atomic E-state index is 14.6. The Kier molecular flexibility index (Phi) is 4.31. The highest BCUT2D eigenvalue weighted by Gasteiger charge is 3.00. The molecule has 1 aromatic rings. The summed E-state index contributed by atoms with van der Waals surface area (Å²) >= 11 is 0. The van der Waals surface area contributed by atoms with E-state index in [0.29, 0.717) is 6.92 Å². The summed E-state index contributed by atoms with van der Waals surface area (Å²) in [6, 6.07) is 4.61. The fraction of sp³-hybridized carbons (Fsp3) is 0.600. The maximum atomic E-state index is 14.6. The first-order valence-electron chi connectivity index (χ1n) is 7.07. The summed E-state index contributed by atoms with van der Waals surface area (Å²) < 4.78 is 128. The summed E-state index contributed by atoms with van der Waals surface area (Å²) in [5.41, 5.74) is -9.23. The summed E-state index contributed by atoms with van der Waals surface area (Å²) in [6.07, 6.45) is -2.44. The molecule has 0 heterocycles. The van der Waals surface area contributed by atoms with E-state index < -0.39 is 46.9 Å². The molecule has 1 N–H and O–H groups in total. The minimum Gasteiger partial charge on any atom is -0.496 e. The number of ether oxygens (including phenoxy) is 1. The summed E-state index contributed by atoms with van der Waals surface area (Å²) in [5.74, 6) is -26.5. The van der Waals surface area contributed by atoms with Crippen molar-refractivity contribution in [2.75, 3.05) is 7.11 Å². The third kappa shape index (κ3) is 2.18. The van der Waals surface area contributed by atoms with Crippen molar-refractivity contribution in [3.63, 3.8) is 0 Å². The van der Waals surface area contributed by atoms with E-state index in [9.17, 15) is 44.6 Å². The molecule has 148 valence electrons. The van der Waals surface area contributed by atoms with Crippen LogP contribution in [0.25, 0.3) is 0 Å². The van der Waals surface area contributed by atoms with E-state index in [4.69, 9.17) is 4.74 Å². The number of alkyl halides is 9. The monoisotopic (exact) mass is 396 g/mol. The number of methoxy groups -OCH3 is 1. The Morgan fingerprint density at radius 3 is 1.69 bits per heavy atom. The van der Waals surface area contributed by atoms with Gasteiger partial charge in [-0.3, -0.25) is 0 Å². The van der Waals surface area contributed by atoms with Gasteiger partial charge in [-0.2, -0.15) is 35.1 Å². The Morgan fingerprint density at radius 2 is 1.27 bits per heavy atom. The van der Waals surface area contributed by atoms with Crippen LogP contribution in [0, 0.1) is 0 Å². The Balaban J connectivity index is 2.63. The molecule has 1 fully saturated rings. The van der Waals surface area contributed by atoms with Crippen molar-refractivity contribution in [1.82, 2.24) is 0 Å². The predicted molar refractivity (Wildman–Crippen MR) is 70.8 cm³/mol. The number of halogens is 9. The highest BCUT2D eigenvalue weighted by molar-refractivity contribution is 5.39. The van der Waals surface area contributed by atoms with Gasteiger partial charge in [-0.15, -0.1) is 0 Å². The van der Waals surface area contributed by atoms with Gasteiger partial charge in [-0.25, -0.2) is 4.39 Å². The van der Waals surface area contributed by atoms with Crippen LogP contribution in [0.15, 0.2) is 24.3 Å². The van der Waals surface area contributed by atoms with Crippen LogP contribution in [0.2, 0.25) is 0 Å². The Labute approximate surface area is 141 Å². The second kappa shape index (κ2) is 5.43. The van der Waals surface area contributed by atoms with E-state index in [2.05, 4.69) is 0 Å². The molecule has 1 atom stereocenters. The molecule has 1 aromatic carbocycles. The highest BCUT2D eigenvalue weighted by atomic mass is 19.4. The molecule has 0 aliphatic heterocycles. The molecule has 0 radical (unpaired) electrons. The minimum absolute atomic E-state index is 0.274. The van der Waals surface area contributed by atoms with Gasteiger partial charge in [-0.05, 0) is 13.0 Å². The molecule has 1 aliphatic rings. The largest absolute Gasteiger partial charge is 0.496 e. The summed E-state index contributed by atoms with van der Waals surface area (Å²) in [5, 5.41) is 10.3. The van der Waals surface area contributed by atoms with Gasteiger partial charge in [0.1, 0.15) is 5.75 Å². The Bertz CT molecular complexity index is 674. The zero-order valence-electron chi connectivity index (χ0n) is 13.3. The van der Waals surface area contributed by atoms with Gasteiger partial charge < -0.3 is 9.84 Å². The molecule has 1 aliphatic carbocycles. The second-order valence-corrected chi connectivity index (χ2v) is 6.25. The SMILES string of the molecule is COc1ccccc1C(C)(O)CC1(F)C(F)(F)C(F)(F)C(F)(F)C1(F)F. The summed E-state index contributed by atoms with van der Waals surface area (Å²) in [7, 11) is 1.04. The van der Waals surface area contributed by atoms with E-state index in [-0.39, 0.29) is 5.75 Å². The number of para-hydroxylation sites is 1. The molecule has 26 heavy (non-hydrogen) atoms. The van der Waals surface area contributed by atoms with Crippen LogP contribution in [0.4, 0.5) is 39.5 Å². The van der Waals surface area contributed by atoms with Gasteiger partial charge in [0.05, 0.1) is 12.7 Å². The molecular weight excluding hydrogens is 383 g/mol. The standard InChI is InChI=1S/C15H13F9O2/c1-10(25,8-5-3-4-6-9(8)26-2)7-11(16)12(17,18)14(21,22)15(23,24)13(11,19)20/h3-6,25H,7H2,1-2H3. The third-order valence-corrected chi connectivity index (χ3v) is 4.45. The fourth-order valence-corrected chi connectivity index (χ4v) is 2.97. The zero-order chi connectivity index (χ0) is 20.4. The highest BCUT2D eigenvalue weighted by Crippen LogP contribution is 2.71. The predicted octanol–water partition coefficient (Wildman–Crippen LogP) is 4.56. The lowest BCUT2D eigenvalue weighted by molar-refractivity contribution is -0.303. The lowest BCUT2D eigenvalue weighted by Gasteiger charge is -2.37. The summed E-state index contributed by atoms with van der Waals surface area (Å²) in [6.45, 7) is 0.549. The number of rotatable bonds is 4. The van der Waals surface area contributed by atoms with Crippen LogP contribution in [-0.4, -0.2) is 41.6 Å². The van der Waals surface area contributed by atoms with Crippen molar-refractivity contribution in [1.29, 1.82) is 0 Å². The first-order valence-corrected chi connectivity index (χ1v) is 7.07. The molecule has 11 heteroatoms. The quantitative estimate of drug-likeness (QED) is 0.757. The maximum Gasteiger partial charge on any atom is 0.381 e. The van der Waals surface area contributed by atoms with Crippen LogP contribution in [0.5, 0.6) is 5.75 Å². The zero-order valence-corrected chi connectivity index (χ0v) is 13.3. The summed E-state index contributed by atoms with van der Waals surface area (Å²) in [4.78, 5) is 0. The molecule has 0 saturated heterocycles. The van der Waals surface area contributed by atoms with E-state index >= 15 is 0 Å². The lowest BCUT2D eigenvalue weighted by Crippen LogP contribution is -2.57. The lowest BCUT2D eigenvalue weighted by atomic mass is 9.80. The molecule has 0 aromatic heterocycles. The van der Waals surface area contributed by atoms with Crippen LogP contribution in [0.3, 0.4) is 0 Å². The number of hydrogen-bond acceptors (Lipinski definition) is 2. The molecule has 0 spiro atoms. The van der Waals surface area contributed by atoms with Gasteiger partial charge >= 0.3 is 23.7 Å². The first-order chi connectivity index (χ1) is 11.5. The van der Waals surface area contributed by atoms with Crippen LogP contribution < -0.4 is 4.74 Å². The molecule has 1 unspecified atom stereocenters. The normalized spacial score (nSPS) is 26.9. The first kappa shape index (κ1) is 20.7. The third-order valence-electron chi connectivity index (χ3n) is 4.45. The van der Waals surface area contributed by atoms with Crippen LogP contribution >= 0.6 is 0 Å². The van der Waals surface area contributed by atoms with E-state index in [1.165, 1.54) is 12.1 Å². The topological polar surface area (TPSA) is 29.5 Å². The average molecular weight is 396 g/mol. The molecule has 2 nitrogen and oxygen atoms in total. The van der Waals surface area contributed by atoms with Crippen molar-refractivity contribution < 1.29 is 49.4 Å². The average Bonchev–Trinajstić information content (AvgIpc) is 2.57. The van der Waals surface area contributed by atoms with Crippen molar-refractivity contribution in [2.45, 2.75) is 48.3 Å². The van der Waals surface area contributed by atoms with Gasteiger partial charge in [0.15, 0.2) is 0 Å². The Morgan fingerprint density at radius 1 is 0.846 bits per heavy atom. The van der Waals surface area contributed by atoms with Gasteiger partial charge in [0.2, 0.25) is 0 Å². The number of hydrogen-bond donors (Lipinski definition) is 1. The van der Waals surface area contributed by atoms with Crippen LogP contribution in [0.1, 0.15) is 18.9 Å². The van der Waals surface area contributed by atoms with Crippen molar-refractivity contribution in [2.24, 2.45) is 0 Å². The van der Waals surface area contributed by atoms with Gasteiger partial charge in [0, 0.05) is 12.0 Å². The Hall–Kier alpha value is -1.65. The van der Waals surface area contributed by atoms with Crippen molar-refractivity contribution in [3.05, 3.63) is 29.8 Å². The van der Waals surface area contributed by atoms with Crippen molar-refractivity contribution >= 4 is 0 Å².